The second kappa shape index (κ2) is 11.1. The molecule has 0 aromatic heterocycles. The first-order chi connectivity index (χ1) is 15.7. The SMILES string of the molecule is CC1c2cc(C(F)(F)F)ccc2N[C@@H](C2C=CC=CC2)[C@@H]1CC[C@@H](C)COC(=O)NCCO. The predicted molar refractivity (Wildman–Crippen MR) is 122 cm³/mol. The molecule has 0 saturated heterocycles. The van der Waals surface area contributed by atoms with Crippen LogP contribution in [0.3, 0.4) is 0 Å². The van der Waals surface area contributed by atoms with Crippen LogP contribution in [0.4, 0.5) is 23.7 Å². The Morgan fingerprint density at radius 2 is 2.12 bits per heavy atom. The lowest BCUT2D eigenvalue weighted by molar-refractivity contribution is -0.137. The van der Waals surface area contributed by atoms with Crippen molar-refractivity contribution >= 4 is 11.8 Å². The van der Waals surface area contributed by atoms with Crippen LogP contribution in [0, 0.1) is 17.8 Å². The van der Waals surface area contributed by atoms with E-state index in [4.69, 9.17) is 9.84 Å². The molecule has 1 aromatic carbocycles. The van der Waals surface area contributed by atoms with Crippen molar-refractivity contribution in [3.05, 3.63) is 53.6 Å². The number of carbonyl (C=O) groups is 1. The van der Waals surface area contributed by atoms with E-state index in [1.54, 1.807) is 6.07 Å². The number of fused-ring (bicyclic) bond motifs is 1. The number of hydrogen-bond donors (Lipinski definition) is 3. The van der Waals surface area contributed by atoms with Crippen LogP contribution >= 0.6 is 0 Å². The van der Waals surface area contributed by atoms with Gasteiger partial charge >= 0.3 is 12.3 Å². The molecule has 1 aliphatic carbocycles. The standard InChI is InChI=1S/C25H33F3N2O3/c1-16(15-33-24(32)29-12-13-31)8-10-20-17(2)21-14-19(25(26,27)28)9-11-22(21)30-23(20)18-6-4-3-5-7-18/h3-6,9,11,14,16-18,20,23,30-31H,7-8,10,12-13,15H2,1-2H3,(H,29,32)/t16-,17?,18?,20-,23+/m1/s1. The van der Waals surface area contributed by atoms with E-state index in [1.807, 2.05) is 26.0 Å². The van der Waals surface area contributed by atoms with Crippen LogP contribution in [0.25, 0.3) is 0 Å². The van der Waals surface area contributed by atoms with Crippen LogP contribution in [-0.4, -0.2) is 37.0 Å². The van der Waals surface area contributed by atoms with Crippen LogP contribution < -0.4 is 10.6 Å². The fourth-order valence-corrected chi connectivity index (χ4v) is 4.78. The molecule has 5 nitrogen and oxygen atoms in total. The summed E-state index contributed by atoms with van der Waals surface area (Å²) < 4.78 is 45.2. The van der Waals surface area contributed by atoms with Crippen LogP contribution in [0.1, 0.15) is 50.2 Å². The van der Waals surface area contributed by atoms with E-state index < -0.39 is 17.8 Å². The highest BCUT2D eigenvalue weighted by Crippen LogP contribution is 2.45. The summed E-state index contributed by atoms with van der Waals surface area (Å²) in [6, 6.07) is 4.09. The number of alkyl halides is 3. The Kier molecular flexibility index (Phi) is 8.46. The molecule has 0 bridgehead atoms. The molecule has 1 aromatic rings. The minimum atomic E-state index is -4.37. The van der Waals surface area contributed by atoms with E-state index >= 15 is 0 Å². The van der Waals surface area contributed by atoms with Gasteiger partial charge in [-0.15, -0.1) is 0 Å². The van der Waals surface area contributed by atoms with Gasteiger partial charge in [0.05, 0.1) is 18.8 Å². The predicted octanol–water partition coefficient (Wildman–Crippen LogP) is 5.49. The number of allylic oxidation sites excluding steroid dienone is 3. The molecule has 0 spiro atoms. The van der Waals surface area contributed by atoms with Crippen LogP contribution in [0.5, 0.6) is 0 Å². The lowest BCUT2D eigenvalue weighted by atomic mass is 9.70. The Morgan fingerprint density at radius 1 is 1.33 bits per heavy atom. The van der Waals surface area contributed by atoms with Crippen LogP contribution in [-0.2, 0) is 10.9 Å². The number of alkyl carbamates (subject to hydrolysis) is 1. The van der Waals surface area contributed by atoms with Gasteiger partial charge < -0.3 is 20.5 Å². The molecule has 5 atom stereocenters. The fourth-order valence-electron chi connectivity index (χ4n) is 4.78. The number of ether oxygens (including phenoxy) is 1. The molecule has 0 saturated carbocycles. The van der Waals surface area contributed by atoms with E-state index in [9.17, 15) is 18.0 Å². The largest absolute Gasteiger partial charge is 0.449 e. The van der Waals surface area contributed by atoms with Crippen molar-refractivity contribution in [2.24, 2.45) is 17.8 Å². The van der Waals surface area contributed by atoms with Crippen molar-refractivity contribution in [1.82, 2.24) is 5.32 Å². The lowest BCUT2D eigenvalue weighted by Gasteiger charge is -2.43. The first-order valence-corrected chi connectivity index (χ1v) is 11.5. The number of carbonyl (C=O) groups excluding carboxylic acids is 1. The molecular weight excluding hydrogens is 433 g/mol. The van der Waals surface area contributed by atoms with Crippen molar-refractivity contribution in [2.45, 2.75) is 51.2 Å². The summed E-state index contributed by atoms with van der Waals surface area (Å²) in [7, 11) is 0. The van der Waals surface area contributed by atoms with Gasteiger partial charge in [-0.2, -0.15) is 13.2 Å². The molecule has 1 amide bonds. The fraction of sp³-hybridized carbons (Fsp3) is 0.560. The lowest BCUT2D eigenvalue weighted by Crippen LogP contribution is -2.42. The van der Waals surface area contributed by atoms with E-state index in [1.165, 1.54) is 6.07 Å². The number of aliphatic hydroxyl groups is 1. The van der Waals surface area contributed by atoms with Crippen molar-refractivity contribution < 1.29 is 27.8 Å². The summed E-state index contributed by atoms with van der Waals surface area (Å²) in [4.78, 5) is 11.6. The second-order valence-electron chi connectivity index (χ2n) is 9.07. The zero-order valence-corrected chi connectivity index (χ0v) is 19.1. The number of aliphatic hydroxyl groups excluding tert-OH is 1. The molecule has 0 radical (unpaired) electrons. The van der Waals surface area contributed by atoms with Gasteiger partial charge in [0, 0.05) is 24.2 Å². The van der Waals surface area contributed by atoms with Gasteiger partial charge in [0.2, 0.25) is 0 Å². The van der Waals surface area contributed by atoms with Crippen LogP contribution in [0.2, 0.25) is 0 Å². The zero-order chi connectivity index (χ0) is 24.0. The van der Waals surface area contributed by atoms with Crippen molar-refractivity contribution in [2.75, 3.05) is 25.1 Å². The summed E-state index contributed by atoms with van der Waals surface area (Å²) in [5.74, 6) is 0.442. The number of halogens is 3. The van der Waals surface area contributed by atoms with E-state index in [0.717, 1.165) is 31.0 Å². The Morgan fingerprint density at radius 3 is 2.79 bits per heavy atom. The second-order valence-corrected chi connectivity index (χ2v) is 9.07. The number of hydrogen-bond acceptors (Lipinski definition) is 4. The monoisotopic (exact) mass is 466 g/mol. The number of amides is 1. The normalized spacial score (nSPS) is 25.2. The molecule has 2 unspecified atom stereocenters. The van der Waals surface area contributed by atoms with E-state index in [2.05, 4.69) is 22.8 Å². The van der Waals surface area contributed by atoms with Gasteiger partial charge in [0.15, 0.2) is 0 Å². The summed E-state index contributed by atoms with van der Waals surface area (Å²) in [6.07, 6.45) is 5.87. The minimum Gasteiger partial charge on any atom is -0.449 e. The number of anilines is 1. The molecule has 1 aliphatic heterocycles. The van der Waals surface area contributed by atoms with Crippen molar-refractivity contribution in [3.63, 3.8) is 0 Å². The Balaban J connectivity index is 1.73. The Labute approximate surface area is 193 Å². The highest BCUT2D eigenvalue weighted by Gasteiger charge is 2.39. The zero-order valence-electron chi connectivity index (χ0n) is 19.1. The third kappa shape index (κ3) is 6.53. The number of nitrogens with one attached hydrogen (secondary N) is 2. The number of benzene rings is 1. The first-order valence-electron chi connectivity index (χ1n) is 11.5. The molecule has 1 heterocycles. The maximum absolute atomic E-state index is 13.3. The molecule has 0 fully saturated rings. The molecule has 8 heteroatoms. The quantitative estimate of drug-likeness (QED) is 0.474. The van der Waals surface area contributed by atoms with Crippen LogP contribution in [0.15, 0.2) is 42.5 Å². The average molecular weight is 467 g/mol. The molecule has 3 N–H and O–H groups in total. The van der Waals surface area contributed by atoms with Crippen molar-refractivity contribution in [3.8, 4) is 0 Å². The minimum absolute atomic E-state index is 0.0474. The van der Waals surface area contributed by atoms with Crippen molar-refractivity contribution in [1.29, 1.82) is 0 Å². The van der Waals surface area contributed by atoms with Gasteiger partial charge in [0.25, 0.3) is 0 Å². The van der Waals surface area contributed by atoms with E-state index in [0.29, 0.717) is 5.56 Å². The maximum Gasteiger partial charge on any atom is 0.416 e. The van der Waals surface area contributed by atoms with Gasteiger partial charge in [-0.3, -0.25) is 0 Å². The average Bonchev–Trinajstić information content (AvgIpc) is 2.80. The van der Waals surface area contributed by atoms with Gasteiger partial charge in [-0.1, -0.05) is 38.2 Å². The van der Waals surface area contributed by atoms with E-state index in [-0.39, 0.29) is 49.5 Å². The topological polar surface area (TPSA) is 70.6 Å². The van der Waals surface area contributed by atoms with Gasteiger partial charge in [-0.05, 0) is 60.8 Å². The highest BCUT2D eigenvalue weighted by atomic mass is 19.4. The smallest absolute Gasteiger partial charge is 0.416 e. The first kappa shape index (κ1) is 25.1. The summed E-state index contributed by atoms with van der Waals surface area (Å²) >= 11 is 0. The summed E-state index contributed by atoms with van der Waals surface area (Å²) in [6.45, 7) is 4.25. The highest BCUT2D eigenvalue weighted by molar-refractivity contribution is 5.67. The molecular formula is C25H33F3N2O3. The number of rotatable bonds is 8. The molecule has 3 rings (SSSR count). The molecule has 182 valence electrons. The summed E-state index contributed by atoms with van der Waals surface area (Å²) in [5, 5.41) is 14.8. The van der Waals surface area contributed by atoms with Gasteiger partial charge in [-0.25, -0.2) is 4.79 Å². The Bertz CT molecular complexity index is 869. The molecule has 2 aliphatic rings. The Hall–Kier alpha value is -2.48. The third-order valence-electron chi connectivity index (χ3n) is 6.64. The molecule has 33 heavy (non-hydrogen) atoms. The van der Waals surface area contributed by atoms with Gasteiger partial charge in [0.1, 0.15) is 0 Å². The maximum atomic E-state index is 13.3. The third-order valence-corrected chi connectivity index (χ3v) is 6.64. The summed E-state index contributed by atoms with van der Waals surface area (Å²) in [5.41, 5.74) is 0.855.